The van der Waals surface area contributed by atoms with E-state index in [0.717, 1.165) is 42.7 Å². The number of sulfone groups is 1. The van der Waals surface area contributed by atoms with Crippen LogP contribution >= 0.6 is 23.2 Å². The van der Waals surface area contributed by atoms with E-state index in [0.29, 0.717) is 11.4 Å². The van der Waals surface area contributed by atoms with E-state index in [2.05, 4.69) is 29.7 Å². The van der Waals surface area contributed by atoms with Crippen LogP contribution in [0.15, 0.2) is 70.5 Å². The molecule has 0 bridgehead atoms. The Bertz CT molecular complexity index is 1400. The first-order valence-corrected chi connectivity index (χ1v) is 14.7. The molecule has 196 valence electrons. The zero-order chi connectivity index (χ0) is 26.8. The molecule has 3 aromatic rings. The van der Waals surface area contributed by atoms with Gasteiger partial charge < -0.3 is 10.6 Å². The van der Waals surface area contributed by atoms with Gasteiger partial charge in [0.15, 0.2) is 0 Å². The minimum absolute atomic E-state index is 0.0153. The number of halogens is 2. The van der Waals surface area contributed by atoms with Gasteiger partial charge in [-0.15, -0.1) is 0 Å². The Morgan fingerprint density at radius 1 is 1.00 bits per heavy atom. The summed E-state index contributed by atoms with van der Waals surface area (Å²) < 4.78 is 26.4. The van der Waals surface area contributed by atoms with Gasteiger partial charge in [-0.1, -0.05) is 49.2 Å². The number of amides is 1. The summed E-state index contributed by atoms with van der Waals surface area (Å²) in [6.07, 6.45) is 2.54. The molecule has 37 heavy (non-hydrogen) atoms. The summed E-state index contributed by atoms with van der Waals surface area (Å²) in [7, 11) is -3.78. The Labute approximate surface area is 229 Å². The summed E-state index contributed by atoms with van der Waals surface area (Å²) in [4.78, 5) is 12.6. The smallest absolute Gasteiger partial charge is 0.226 e. The van der Waals surface area contributed by atoms with Gasteiger partial charge in [-0.2, -0.15) is 0 Å². The van der Waals surface area contributed by atoms with E-state index in [1.54, 1.807) is 24.3 Å². The molecule has 1 aliphatic heterocycles. The van der Waals surface area contributed by atoms with E-state index in [4.69, 9.17) is 23.2 Å². The Kier molecular flexibility index (Phi) is 8.34. The van der Waals surface area contributed by atoms with Crippen molar-refractivity contribution in [2.24, 2.45) is 5.92 Å². The summed E-state index contributed by atoms with van der Waals surface area (Å²) in [5.74, 6) is -0.124. The molecule has 4 rings (SSSR count). The molecule has 0 radical (unpaired) electrons. The molecule has 1 saturated heterocycles. The van der Waals surface area contributed by atoms with Crippen LogP contribution in [0.3, 0.4) is 0 Å². The van der Waals surface area contributed by atoms with Crippen LogP contribution in [0.2, 0.25) is 10.0 Å². The fourth-order valence-corrected chi connectivity index (χ4v) is 6.95. The van der Waals surface area contributed by atoms with Gasteiger partial charge in [0.1, 0.15) is 0 Å². The normalized spacial score (nSPS) is 15.5. The summed E-state index contributed by atoms with van der Waals surface area (Å²) in [6.45, 7) is 7.60. The van der Waals surface area contributed by atoms with Crippen LogP contribution in [0.4, 0.5) is 5.69 Å². The van der Waals surface area contributed by atoms with Gasteiger partial charge in [0.25, 0.3) is 0 Å². The van der Waals surface area contributed by atoms with Crippen molar-refractivity contribution < 1.29 is 13.2 Å². The molecule has 0 aromatic heterocycles. The van der Waals surface area contributed by atoms with Crippen molar-refractivity contribution in [1.29, 1.82) is 0 Å². The molecule has 0 unspecified atom stereocenters. The molecular formula is C29H32Cl2N2O3S. The highest BCUT2D eigenvalue weighted by atomic mass is 35.5. The molecule has 3 aromatic carbocycles. The minimum Gasteiger partial charge on any atom is -0.326 e. The first kappa shape index (κ1) is 27.6. The maximum absolute atomic E-state index is 13.2. The molecule has 1 heterocycles. The molecule has 1 amide bonds. The summed E-state index contributed by atoms with van der Waals surface area (Å²) >= 11 is 12.5. The van der Waals surface area contributed by atoms with Gasteiger partial charge in [0, 0.05) is 22.0 Å². The summed E-state index contributed by atoms with van der Waals surface area (Å²) in [5, 5.41) is 7.15. The lowest BCUT2D eigenvalue weighted by atomic mass is 9.68. The van der Waals surface area contributed by atoms with Crippen LogP contribution in [-0.4, -0.2) is 27.4 Å². The zero-order valence-corrected chi connectivity index (χ0v) is 23.6. The first-order chi connectivity index (χ1) is 17.5. The Morgan fingerprint density at radius 3 is 2.30 bits per heavy atom. The zero-order valence-electron chi connectivity index (χ0n) is 21.3. The number of hydrogen-bond acceptors (Lipinski definition) is 4. The van der Waals surface area contributed by atoms with Crippen LogP contribution in [0.5, 0.6) is 0 Å². The second-order valence-corrected chi connectivity index (χ2v) is 12.9. The largest absolute Gasteiger partial charge is 0.326 e. The van der Waals surface area contributed by atoms with Crippen LogP contribution in [-0.2, 0) is 26.5 Å². The topological polar surface area (TPSA) is 75.3 Å². The van der Waals surface area contributed by atoms with Crippen LogP contribution in [0.1, 0.15) is 43.4 Å². The van der Waals surface area contributed by atoms with E-state index in [-0.39, 0.29) is 32.1 Å². The number of hydrogen-bond donors (Lipinski definition) is 2. The molecule has 5 nitrogen and oxygen atoms in total. The minimum atomic E-state index is -3.78. The molecule has 1 fully saturated rings. The quantitative estimate of drug-likeness (QED) is 0.342. The fourth-order valence-electron chi connectivity index (χ4n) is 5.01. The van der Waals surface area contributed by atoms with Crippen molar-refractivity contribution in [3.05, 3.63) is 87.4 Å². The fraction of sp³-hybridized carbons (Fsp3) is 0.345. The van der Waals surface area contributed by atoms with Gasteiger partial charge in [-0.25, -0.2) is 8.42 Å². The van der Waals surface area contributed by atoms with Gasteiger partial charge in [0.05, 0.1) is 14.8 Å². The van der Waals surface area contributed by atoms with Gasteiger partial charge in [-0.3, -0.25) is 4.79 Å². The van der Waals surface area contributed by atoms with Crippen LogP contribution < -0.4 is 10.6 Å². The average Bonchev–Trinajstić information content (AvgIpc) is 2.85. The van der Waals surface area contributed by atoms with E-state index in [9.17, 15) is 13.2 Å². The van der Waals surface area contributed by atoms with Crippen molar-refractivity contribution >= 4 is 44.6 Å². The molecule has 8 heteroatoms. The Balaban J connectivity index is 1.68. The SMILES string of the molecule is Cc1ccc(NC(=O)C(C)C)cc1C1(Cc2ccc(S(=O)(=O)c3ccc(Cl)cc3)c(Cl)c2)CCNCC1. The maximum atomic E-state index is 13.2. The highest BCUT2D eigenvalue weighted by Crippen LogP contribution is 2.41. The summed E-state index contributed by atoms with van der Waals surface area (Å²) in [5.41, 5.74) is 3.95. The van der Waals surface area contributed by atoms with E-state index < -0.39 is 9.84 Å². The van der Waals surface area contributed by atoms with Gasteiger partial charge >= 0.3 is 0 Å². The molecule has 0 aliphatic carbocycles. The summed E-state index contributed by atoms with van der Waals surface area (Å²) in [6, 6.07) is 17.4. The Morgan fingerprint density at radius 2 is 1.68 bits per heavy atom. The van der Waals surface area contributed by atoms with Crippen LogP contribution in [0.25, 0.3) is 0 Å². The first-order valence-electron chi connectivity index (χ1n) is 12.4. The third-order valence-electron chi connectivity index (χ3n) is 7.11. The van der Waals surface area contributed by atoms with E-state index >= 15 is 0 Å². The number of rotatable bonds is 7. The third kappa shape index (κ3) is 6.04. The third-order valence-corrected chi connectivity index (χ3v) is 9.62. The second-order valence-electron chi connectivity index (χ2n) is 10.1. The lowest BCUT2D eigenvalue weighted by Gasteiger charge is -2.40. The van der Waals surface area contributed by atoms with Crippen molar-refractivity contribution in [3.63, 3.8) is 0 Å². The predicted molar refractivity (Wildman–Crippen MR) is 150 cm³/mol. The van der Waals surface area contributed by atoms with Crippen molar-refractivity contribution in [2.75, 3.05) is 18.4 Å². The molecule has 0 spiro atoms. The van der Waals surface area contributed by atoms with Crippen molar-refractivity contribution in [3.8, 4) is 0 Å². The van der Waals surface area contributed by atoms with Gasteiger partial charge in [-0.05, 0) is 104 Å². The molecular weight excluding hydrogens is 527 g/mol. The highest BCUT2D eigenvalue weighted by Gasteiger charge is 2.36. The molecule has 0 atom stereocenters. The van der Waals surface area contributed by atoms with Gasteiger partial charge in [0.2, 0.25) is 15.7 Å². The molecule has 1 aliphatic rings. The number of carbonyl (C=O) groups is 1. The predicted octanol–water partition coefficient (Wildman–Crippen LogP) is 6.59. The lowest BCUT2D eigenvalue weighted by Crippen LogP contribution is -2.42. The molecule has 0 saturated carbocycles. The van der Waals surface area contributed by atoms with Crippen molar-refractivity contribution in [1.82, 2.24) is 5.32 Å². The van der Waals surface area contributed by atoms with E-state index in [1.165, 1.54) is 17.7 Å². The number of nitrogens with one attached hydrogen (secondary N) is 2. The number of benzene rings is 3. The molecule has 2 N–H and O–H groups in total. The highest BCUT2D eigenvalue weighted by molar-refractivity contribution is 7.91. The number of carbonyl (C=O) groups excluding carboxylic acids is 1. The van der Waals surface area contributed by atoms with Crippen LogP contribution in [0, 0.1) is 12.8 Å². The standard InChI is InChI=1S/C29H32Cl2N2O3S/c1-19(2)28(34)33-23-8-4-20(3)25(17-23)29(12-14-32-15-13-29)18-21-5-11-27(26(31)16-21)37(35,36)24-9-6-22(30)7-10-24/h4-11,16-17,19,32H,12-15,18H2,1-3H3,(H,33,34). The second kappa shape index (κ2) is 11.2. The average molecular weight is 560 g/mol. The number of anilines is 1. The monoisotopic (exact) mass is 558 g/mol. The van der Waals surface area contributed by atoms with Crippen molar-refractivity contribution in [2.45, 2.75) is 55.2 Å². The number of piperidine rings is 1. The lowest BCUT2D eigenvalue weighted by molar-refractivity contribution is -0.118. The van der Waals surface area contributed by atoms with E-state index in [1.807, 2.05) is 26.0 Å². The number of aryl methyl sites for hydroxylation is 1. The Hall–Kier alpha value is -2.38. The maximum Gasteiger partial charge on any atom is 0.226 e.